The number of ether oxygens (including phenoxy) is 1. The van der Waals surface area contributed by atoms with Crippen LogP contribution in [0.25, 0.3) is 0 Å². The first-order chi connectivity index (χ1) is 7.34. The standard InChI is InChI=1S/C11H18N2OS/c1-9-8-15-11(13-9)7-12-5-4-10-3-2-6-14-10/h8,10,12H,2-7H2,1H3. The number of thiazole rings is 1. The van der Waals surface area contributed by atoms with Crippen molar-refractivity contribution in [1.29, 1.82) is 0 Å². The Bertz CT molecular complexity index is 295. The van der Waals surface area contributed by atoms with Crippen LogP contribution in [0.15, 0.2) is 5.38 Å². The second-order valence-electron chi connectivity index (χ2n) is 3.98. The lowest BCUT2D eigenvalue weighted by atomic mass is 10.2. The summed E-state index contributed by atoms with van der Waals surface area (Å²) < 4.78 is 5.56. The lowest BCUT2D eigenvalue weighted by Crippen LogP contribution is -2.19. The number of aromatic nitrogens is 1. The molecule has 1 unspecified atom stereocenters. The lowest BCUT2D eigenvalue weighted by Gasteiger charge is -2.08. The van der Waals surface area contributed by atoms with Crippen molar-refractivity contribution in [3.05, 3.63) is 16.1 Å². The van der Waals surface area contributed by atoms with Gasteiger partial charge in [0.2, 0.25) is 0 Å². The van der Waals surface area contributed by atoms with Crippen LogP contribution in [-0.2, 0) is 11.3 Å². The van der Waals surface area contributed by atoms with Crippen molar-refractivity contribution >= 4 is 11.3 Å². The maximum absolute atomic E-state index is 5.56. The van der Waals surface area contributed by atoms with Gasteiger partial charge >= 0.3 is 0 Å². The third kappa shape index (κ3) is 3.55. The summed E-state index contributed by atoms with van der Waals surface area (Å²) >= 11 is 1.73. The molecule has 3 nitrogen and oxygen atoms in total. The van der Waals surface area contributed by atoms with E-state index in [-0.39, 0.29) is 0 Å². The van der Waals surface area contributed by atoms with Gasteiger partial charge in [0.15, 0.2) is 0 Å². The highest BCUT2D eigenvalue weighted by Crippen LogP contribution is 2.14. The van der Waals surface area contributed by atoms with E-state index in [0.717, 1.165) is 31.8 Å². The molecule has 0 amide bonds. The van der Waals surface area contributed by atoms with Crippen molar-refractivity contribution in [2.75, 3.05) is 13.2 Å². The topological polar surface area (TPSA) is 34.1 Å². The van der Waals surface area contributed by atoms with Gasteiger partial charge in [0, 0.05) is 24.2 Å². The number of aryl methyl sites for hydroxylation is 1. The molecule has 1 fully saturated rings. The van der Waals surface area contributed by atoms with Crippen LogP contribution in [0, 0.1) is 6.92 Å². The summed E-state index contributed by atoms with van der Waals surface area (Å²) in [6, 6.07) is 0. The maximum atomic E-state index is 5.56. The van der Waals surface area contributed by atoms with Crippen LogP contribution in [0.4, 0.5) is 0 Å². The smallest absolute Gasteiger partial charge is 0.107 e. The molecule has 1 aromatic rings. The van der Waals surface area contributed by atoms with E-state index in [1.165, 1.54) is 17.8 Å². The Labute approximate surface area is 94.9 Å². The number of nitrogens with one attached hydrogen (secondary N) is 1. The van der Waals surface area contributed by atoms with Gasteiger partial charge in [-0.3, -0.25) is 0 Å². The van der Waals surface area contributed by atoms with Crippen molar-refractivity contribution in [2.45, 2.75) is 38.8 Å². The molecule has 1 aliphatic heterocycles. The molecule has 0 saturated carbocycles. The summed E-state index contributed by atoms with van der Waals surface area (Å²) in [6.45, 7) is 4.91. The van der Waals surface area contributed by atoms with Gasteiger partial charge in [0.1, 0.15) is 5.01 Å². The molecular weight excluding hydrogens is 208 g/mol. The van der Waals surface area contributed by atoms with Gasteiger partial charge in [-0.2, -0.15) is 0 Å². The summed E-state index contributed by atoms with van der Waals surface area (Å²) in [7, 11) is 0. The average molecular weight is 226 g/mol. The molecule has 0 radical (unpaired) electrons. The van der Waals surface area contributed by atoms with E-state index in [1.54, 1.807) is 11.3 Å². The van der Waals surface area contributed by atoms with Gasteiger partial charge in [-0.1, -0.05) is 0 Å². The first-order valence-electron chi connectivity index (χ1n) is 5.58. The second kappa shape index (κ2) is 5.58. The fourth-order valence-electron chi connectivity index (χ4n) is 1.81. The number of nitrogens with zero attached hydrogens (tertiary/aromatic N) is 1. The zero-order chi connectivity index (χ0) is 10.5. The molecule has 0 bridgehead atoms. The molecule has 2 heterocycles. The molecule has 1 aliphatic rings. The van der Waals surface area contributed by atoms with Gasteiger partial charge in [0.25, 0.3) is 0 Å². The van der Waals surface area contributed by atoms with Crippen LogP contribution < -0.4 is 5.32 Å². The second-order valence-corrected chi connectivity index (χ2v) is 4.93. The maximum Gasteiger partial charge on any atom is 0.107 e. The number of rotatable bonds is 5. The molecule has 4 heteroatoms. The molecule has 1 aromatic heterocycles. The summed E-state index contributed by atoms with van der Waals surface area (Å²) in [5.41, 5.74) is 1.12. The van der Waals surface area contributed by atoms with E-state index in [9.17, 15) is 0 Å². The van der Waals surface area contributed by atoms with Crippen molar-refractivity contribution < 1.29 is 4.74 Å². The minimum atomic E-state index is 0.496. The largest absolute Gasteiger partial charge is 0.378 e. The highest BCUT2D eigenvalue weighted by Gasteiger charge is 2.14. The van der Waals surface area contributed by atoms with Crippen LogP contribution in [0.1, 0.15) is 30.0 Å². The third-order valence-corrected chi connectivity index (χ3v) is 3.58. The van der Waals surface area contributed by atoms with Crippen molar-refractivity contribution in [3.8, 4) is 0 Å². The SMILES string of the molecule is Cc1csc(CNCCC2CCCO2)n1. The normalized spacial score (nSPS) is 21.0. The van der Waals surface area contributed by atoms with E-state index in [0.29, 0.717) is 6.10 Å². The summed E-state index contributed by atoms with van der Waals surface area (Å²) in [5.74, 6) is 0. The van der Waals surface area contributed by atoms with Crippen LogP contribution in [0.2, 0.25) is 0 Å². The molecule has 1 atom stereocenters. The Morgan fingerprint density at radius 1 is 1.67 bits per heavy atom. The first-order valence-corrected chi connectivity index (χ1v) is 6.46. The number of hydrogen-bond donors (Lipinski definition) is 1. The van der Waals surface area contributed by atoms with Crippen molar-refractivity contribution in [2.24, 2.45) is 0 Å². The summed E-state index contributed by atoms with van der Waals surface area (Å²) in [6.07, 6.45) is 4.09. The monoisotopic (exact) mass is 226 g/mol. The molecule has 84 valence electrons. The minimum absolute atomic E-state index is 0.496. The fraction of sp³-hybridized carbons (Fsp3) is 0.727. The molecule has 15 heavy (non-hydrogen) atoms. The molecule has 0 spiro atoms. The molecule has 2 rings (SSSR count). The van der Waals surface area contributed by atoms with Gasteiger partial charge in [0.05, 0.1) is 6.10 Å². The number of hydrogen-bond acceptors (Lipinski definition) is 4. The Balaban J connectivity index is 1.58. The Morgan fingerprint density at radius 3 is 3.27 bits per heavy atom. The Hall–Kier alpha value is -0.450. The summed E-state index contributed by atoms with van der Waals surface area (Å²) in [4.78, 5) is 4.40. The molecule has 1 N–H and O–H groups in total. The fourth-order valence-corrected chi connectivity index (χ4v) is 2.56. The highest BCUT2D eigenvalue weighted by atomic mass is 32.1. The summed E-state index contributed by atoms with van der Waals surface area (Å²) in [5, 5.41) is 6.68. The molecule has 0 aromatic carbocycles. The lowest BCUT2D eigenvalue weighted by molar-refractivity contribution is 0.104. The molecule has 0 aliphatic carbocycles. The zero-order valence-corrected chi connectivity index (χ0v) is 9.98. The minimum Gasteiger partial charge on any atom is -0.378 e. The average Bonchev–Trinajstić information content (AvgIpc) is 2.84. The third-order valence-electron chi connectivity index (χ3n) is 2.61. The van der Waals surface area contributed by atoms with Crippen LogP contribution in [0.3, 0.4) is 0 Å². The van der Waals surface area contributed by atoms with E-state index in [2.05, 4.69) is 15.7 Å². The Kier molecular flexibility index (Phi) is 4.11. The van der Waals surface area contributed by atoms with Gasteiger partial charge in [-0.15, -0.1) is 11.3 Å². The van der Waals surface area contributed by atoms with Gasteiger partial charge in [-0.25, -0.2) is 4.98 Å². The van der Waals surface area contributed by atoms with Gasteiger partial charge < -0.3 is 10.1 Å². The van der Waals surface area contributed by atoms with Crippen LogP contribution >= 0.6 is 11.3 Å². The molecular formula is C11H18N2OS. The van der Waals surface area contributed by atoms with E-state index in [4.69, 9.17) is 4.74 Å². The highest BCUT2D eigenvalue weighted by molar-refractivity contribution is 7.09. The van der Waals surface area contributed by atoms with Crippen LogP contribution in [-0.4, -0.2) is 24.2 Å². The van der Waals surface area contributed by atoms with E-state index >= 15 is 0 Å². The quantitative estimate of drug-likeness (QED) is 0.781. The predicted molar refractivity (Wildman–Crippen MR) is 62.1 cm³/mol. The zero-order valence-electron chi connectivity index (χ0n) is 9.16. The van der Waals surface area contributed by atoms with E-state index in [1.807, 2.05) is 6.92 Å². The van der Waals surface area contributed by atoms with Crippen molar-refractivity contribution in [3.63, 3.8) is 0 Å². The van der Waals surface area contributed by atoms with Gasteiger partial charge in [-0.05, 0) is 32.7 Å². The van der Waals surface area contributed by atoms with E-state index < -0.39 is 0 Å². The van der Waals surface area contributed by atoms with Crippen molar-refractivity contribution in [1.82, 2.24) is 10.3 Å². The predicted octanol–water partition coefficient (Wildman–Crippen LogP) is 2.11. The molecule has 1 saturated heterocycles. The Morgan fingerprint density at radius 2 is 2.60 bits per heavy atom. The first kappa shape index (κ1) is 11.0. The van der Waals surface area contributed by atoms with Crippen LogP contribution in [0.5, 0.6) is 0 Å².